The van der Waals surface area contributed by atoms with Crippen LogP contribution in [0.25, 0.3) is 11.5 Å². The van der Waals surface area contributed by atoms with E-state index in [1.807, 2.05) is 43.0 Å². The molecular formula is C25H30N2O4S. The molecule has 2 aromatic carbocycles. The van der Waals surface area contributed by atoms with Crippen LogP contribution in [0.1, 0.15) is 32.8 Å². The van der Waals surface area contributed by atoms with Gasteiger partial charge in [-0.15, -0.1) is 0 Å². The van der Waals surface area contributed by atoms with E-state index < -0.39 is 9.84 Å². The zero-order valence-electron chi connectivity index (χ0n) is 19.0. The van der Waals surface area contributed by atoms with Gasteiger partial charge >= 0.3 is 0 Å². The van der Waals surface area contributed by atoms with Crippen LogP contribution in [0.15, 0.2) is 62.9 Å². The maximum Gasteiger partial charge on any atom is 0.236 e. The van der Waals surface area contributed by atoms with Crippen LogP contribution >= 0.6 is 0 Å². The van der Waals surface area contributed by atoms with Gasteiger partial charge in [-0.25, -0.2) is 8.42 Å². The Balaban J connectivity index is 1.80. The lowest BCUT2D eigenvalue weighted by Crippen LogP contribution is -2.39. The van der Waals surface area contributed by atoms with E-state index in [0.29, 0.717) is 35.8 Å². The highest BCUT2D eigenvalue weighted by atomic mass is 32.2. The van der Waals surface area contributed by atoms with Gasteiger partial charge < -0.3 is 14.1 Å². The van der Waals surface area contributed by atoms with Crippen LogP contribution in [0.5, 0.6) is 5.75 Å². The second-order valence-corrected chi connectivity index (χ2v) is 10.6. The van der Waals surface area contributed by atoms with Crippen molar-refractivity contribution in [3.8, 4) is 17.2 Å². The van der Waals surface area contributed by atoms with E-state index in [9.17, 15) is 8.42 Å². The average molecular weight is 455 g/mol. The molecule has 0 radical (unpaired) electrons. The van der Waals surface area contributed by atoms with Crippen LogP contribution in [0, 0.1) is 18.8 Å². The van der Waals surface area contributed by atoms with E-state index in [0.717, 1.165) is 30.8 Å². The molecule has 0 bridgehead atoms. The Morgan fingerprint density at radius 3 is 2.25 bits per heavy atom. The second kappa shape index (κ2) is 8.98. The number of sulfone groups is 1. The summed E-state index contributed by atoms with van der Waals surface area (Å²) in [7, 11) is -3.85. The number of ether oxygens (including phenoxy) is 1. The molecule has 2 atom stereocenters. The molecule has 6 nitrogen and oxygen atoms in total. The molecular weight excluding hydrogens is 424 g/mol. The number of aromatic nitrogens is 1. The maximum absolute atomic E-state index is 13.6. The van der Waals surface area contributed by atoms with Crippen LogP contribution in [-0.2, 0) is 9.84 Å². The molecule has 2 heterocycles. The molecule has 1 aliphatic rings. The van der Waals surface area contributed by atoms with Gasteiger partial charge in [0.05, 0.1) is 11.5 Å². The molecule has 0 aliphatic carbocycles. The molecule has 3 aromatic rings. The minimum Gasteiger partial charge on any atom is -0.494 e. The number of aryl methyl sites for hydroxylation is 1. The Labute approximate surface area is 190 Å². The van der Waals surface area contributed by atoms with E-state index in [2.05, 4.69) is 18.8 Å². The van der Waals surface area contributed by atoms with Gasteiger partial charge in [-0.1, -0.05) is 31.5 Å². The monoisotopic (exact) mass is 454 g/mol. The quantitative estimate of drug-likeness (QED) is 0.499. The van der Waals surface area contributed by atoms with E-state index in [1.165, 1.54) is 0 Å². The predicted octanol–water partition coefficient (Wildman–Crippen LogP) is 5.36. The summed E-state index contributed by atoms with van der Waals surface area (Å²) in [6.45, 7) is 10.3. The Bertz CT molecular complexity index is 1160. The van der Waals surface area contributed by atoms with Crippen molar-refractivity contribution < 1.29 is 17.6 Å². The van der Waals surface area contributed by atoms with Crippen molar-refractivity contribution in [3.63, 3.8) is 0 Å². The highest BCUT2D eigenvalue weighted by Crippen LogP contribution is 2.37. The van der Waals surface area contributed by atoms with E-state index in [4.69, 9.17) is 9.15 Å². The van der Waals surface area contributed by atoms with Crippen LogP contribution < -0.4 is 9.64 Å². The molecule has 1 aliphatic heterocycles. The highest BCUT2D eigenvalue weighted by molar-refractivity contribution is 7.91. The minimum absolute atomic E-state index is 0.0217. The van der Waals surface area contributed by atoms with Crippen molar-refractivity contribution in [3.05, 3.63) is 54.1 Å². The number of oxazole rings is 1. The molecule has 0 saturated carbocycles. The van der Waals surface area contributed by atoms with Crippen LogP contribution in [0.2, 0.25) is 0 Å². The summed E-state index contributed by atoms with van der Waals surface area (Å²) in [5.41, 5.74) is 1.70. The van der Waals surface area contributed by atoms with Crippen molar-refractivity contribution in [2.24, 2.45) is 11.8 Å². The largest absolute Gasteiger partial charge is 0.494 e. The van der Waals surface area contributed by atoms with Gasteiger partial charge in [0.15, 0.2) is 0 Å². The minimum atomic E-state index is -3.85. The van der Waals surface area contributed by atoms with Crippen molar-refractivity contribution >= 4 is 15.7 Å². The number of anilines is 1. The Morgan fingerprint density at radius 1 is 1.03 bits per heavy atom. The number of benzene rings is 2. The van der Waals surface area contributed by atoms with Gasteiger partial charge in [-0.3, -0.25) is 0 Å². The van der Waals surface area contributed by atoms with Gasteiger partial charge in [0.2, 0.25) is 26.6 Å². The van der Waals surface area contributed by atoms with Crippen LogP contribution in [0.4, 0.5) is 5.88 Å². The first kappa shape index (κ1) is 22.4. The van der Waals surface area contributed by atoms with Crippen LogP contribution in [0.3, 0.4) is 0 Å². The van der Waals surface area contributed by atoms with E-state index >= 15 is 0 Å². The van der Waals surface area contributed by atoms with Gasteiger partial charge in [-0.2, -0.15) is 4.98 Å². The topological polar surface area (TPSA) is 72.6 Å². The van der Waals surface area contributed by atoms with E-state index in [1.54, 1.807) is 24.3 Å². The summed E-state index contributed by atoms with van der Waals surface area (Å²) in [4.78, 5) is 6.76. The van der Waals surface area contributed by atoms with Crippen molar-refractivity contribution in [1.82, 2.24) is 4.98 Å². The van der Waals surface area contributed by atoms with Crippen LogP contribution in [-0.4, -0.2) is 33.1 Å². The fourth-order valence-corrected chi connectivity index (χ4v) is 5.64. The molecule has 4 rings (SSSR count). The normalized spacial score (nSPS) is 19.2. The van der Waals surface area contributed by atoms with Crippen molar-refractivity contribution in [2.75, 3.05) is 24.6 Å². The highest BCUT2D eigenvalue weighted by Gasteiger charge is 2.34. The lowest BCUT2D eigenvalue weighted by Gasteiger charge is -2.34. The predicted molar refractivity (Wildman–Crippen MR) is 125 cm³/mol. The standard InChI is InChI=1S/C25H30N2O4S/c1-5-30-21-10-8-20(9-11-21)23-26-24(32(28,29)22-12-6-17(2)7-13-22)25(31-23)27-15-18(3)14-19(4)16-27/h6-13,18-19H,5,14-16H2,1-4H3. The molecule has 0 N–H and O–H groups in total. The first-order valence-electron chi connectivity index (χ1n) is 11.1. The SMILES string of the molecule is CCOc1ccc(-c2nc(S(=O)(=O)c3ccc(C)cc3)c(N3CC(C)CC(C)C3)o2)cc1. The van der Waals surface area contributed by atoms with Gasteiger partial charge in [0, 0.05) is 18.7 Å². The van der Waals surface area contributed by atoms with Gasteiger partial charge in [-0.05, 0) is 68.5 Å². The number of hydrogen-bond donors (Lipinski definition) is 0. The molecule has 32 heavy (non-hydrogen) atoms. The molecule has 1 aromatic heterocycles. The third-order valence-corrected chi connectivity index (χ3v) is 7.40. The Hall–Kier alpha value is -2.80. The molecule has 170 valence electrons. The number of rotatable bonds is 6. The third kappa shape index (κ3) is 4.53. The Morgan fingerprint density at radius 2 is 1.66 bits per heavy atom. The summed E-state index contributed by atoms with van der Waals surface area (Å²) in [5, 5.41) is -0.0217. The first-order valence-corrected chi connectivity index (χ1v) is 12.6. The number of nitrogens with zero attached hydrogens (tertiary/aromatic N) is 2. The van der Waals surface area contributed by atoms with Gasteiger partial charge in [0.1, 0.15) is 5.75 Å². The Kier molecular flexibility index (Phi) is 6.29. The molecule has 7 heteroatoms. The second-order valence-electron chi connectivity index (χ2n) is 8.75. The number of piperidine rings is 1. The average Bonchev–Trinajstić information content (AvgIpc) is 3.21. The zero-order valence-corrected chi connectivity index (χ0v) is 19.9. The van der Waals surface area contributed by atoms with E-state index in [-0.39, 0.29) is 9.92 Å². The van der Waals surface area contributed by atoms with Gasteiger partial charge in [0.25, 0.3) is 0 Å². The zero-order chi connectivity index (χ0) is 22.9. The van der Waals surface area contributed by atoms with Crippen molar-refractivity contribution in [1.29, 1.82) is 0 Å². The summed E-state index contributed by atoms with van der Waals surface area (Å²) in [5.74, 6) is 2.24. The molecule has 2 unspecified atom stereocenters. The molecule has 0 spiro atoms. The summed E-state index contributed by atoms with van der Waals surface area (Å²) in [6, 6.07) is 14.2. The lowest BCUT2D eigenvalue weighted by molar-refractivity contribution is 0.340. The fraction of sp³-hybridized carbons (Fsp3) is 0.400. The lowest BCUT2D eigenvalue weighted by atomic mass is 9.92. The first-order chi connectivity index (χ1) is 15.3. The molecule has 1 saturated heterocycles. The van der Waals surface area contributed by atoms with Crippen molar-refractivity contribution in [2.45, 2.75) is 44.0 Å². The molecule has 1 fully saturated rings. The molecule has 0 amide bonds. The summed E-state index contributed by atoms with van der Waals surface area (Å²) in [6.07, 6.45) is 1.11. The number of hydrogen-bond acceptors (Lipinski definition) is 6. The maximum atomic E-state index is 13.6. The smallest absolute Gasteiger partial charge is 0.236 e. The summed E-state index contributed by atoms with van der Waals surface area (Å²) < 4.78 is 38.8. The third-order valence-electron chi connectivity index (χ3n) is 5.73. The summed E-state index contributed by atoms with van der Waals surface area (Å²) >= 11 is 0. The fourth-order valence-electron chi connectivity index (χ4n) is 4.31.